The van der Waals surface area contributed by atoms with Crippen molar-refractivity contribution in [2.75, 3.05) is 0 Å². The van der Waals surface area contributed by atoms with Gasteiger partial charge in [-0.15, -0.1) is 0 Å². The lowest BCUT2D eigenvalue weighted by Gasteiger charge is -2.23. The summed E-state index contributed by atoms with van der Waals surface area (Å²) in [6, 6.07) is 6.94. The maximum absolute atomic E-state index is 12.9. The topological polar surface area (TPSA) is 84.0 Å². The minimum atomic E-state index is -4.34. The molecule has 1 aliphatic rings. The van der Waals surface area contributed by atoms with Crippen LogP contribution in [0.2, 0.25) is 5.02 Å². The number of imidazole rings is 1. The van der Waals surface area contributed by atoms with Crippen LogP contribution < -0.4 is 5.32 Å². The number of nitrogens with one attached hydrogen (secondary N) is 1. The number of halogens is 4. The normalized spacial score (nSPS) is 19.1. The van der Waals surface area contributed by atoms with E-state index in [4.69, 9.17) is 11.6 Å². The molecule has 7 nitrogen and oxygen atoms in total. The van der Waals surface area contributed by atoms with Gasteiger partial charge in [0.1, 0.15) is 11.5 Å². The van der Waals surface area contributed by atoms with Crippen LogP contribution in [0, 0.1) is 0 Å². The molecule has 11 heteroatoms. The highest BCUT2D eigenvalue weighted by molar-refractivity contribution is 6.30. The highest BCUT2D eigenvalue weighted by atomic mass is 35.5. The zero-order chi connectivity index (χ0) is 24.7. The number of aliphatic imine (C=N–C) groups is 2. The largest absolute Gasteiger partial charge is 0.389 e. The third-order valence-corrected chi connectivity index (χ3v) is 6.15. The minimum absolute atomic E-state index is 0.0545. The molecule has 34 heavy (non-hydrogen) atoms. The van der Waals surface area contributed by atoms with Crippen molar-refractivity contribution in [2.45, 2.75) is 38.3 Å². The third kappa shape index (κ3) is 4.33. The summed E-state index contributed by atoms with van der Waals surface area (Å²) in [5.41, 5.74) is 1.06. The zero-order valence-corrected chi connectivity index (χ0v) is 19.1. The molecular weight excluding hydrogens is 469 g/mol. The number of hydrogen-bond donors (Lipinski definition) is 1. The van der Waals surface area contributed by atoms with Crippen molar-refractivity contribution in [1.29, 1.82) is 0 Å². The Labute approximate surface area is 198 Å². The summed E-state index contributed by atoms with van der Waals surface area (Å²) < 4.78 is 40.0. The summed E-state index contributed by atoms with van der Waals surface area (Å²) in [7, 11) is 0. The number of aromatic nitrogens is 3. The van der Waals surface area contributed by atoms with E-state index in [1.165, 1.54) is 6.20 Å². The molecule has 3 aromatic rings. The van der Waals surface area contributed by atoms with Crippen molar-refractivity contribution < 1.29 is 18.0 Å². The van der Waals surface area contributed by atoms with E-state index in [1.54, 1.807) is 54.9 Å². The van der Waals surface area contributed by atoms with Gasteiger partial charge in [-0.2, -0.15) is 13.2 Å². The fraction of sp³-hybridized carbons (Fsp3) is 0.261. The van der Waals surface area contributed by atoms with E-state index in [2.05, 4.69) is 32.0 Å². The Bertz CT molecular complexity index is 1340. The number of benzene rings is 1. The molecule has 0 saturated heterocycles. The Balaban J connectivity index is 1.76. The fourth-order valence-corrected chi connectivity index (χ4v) is 3.91. The summed E-state index contributed by atoms with van der Waals surface area (Å²) in [6.07, 6.45) is -1.11. The first-order chi connectivity index (χ1) is 16.0. The van der Waals surface area contributed by atoms with Crippen molar-refractivity contribution in [1.82, 2.24) is 19.7 Å². The third-order valence-electron chi connectivity index (χ3n) is 5.90. The van der Waals surface area contributed by atoms with Crippen molar-refractivity contribution >= 4 is 35.7 Å². The van der Waals surface area contributed by atoms with Crippen LogP contribution in [0.1, 0.15) is 37.2 Å². The second-order valence-corrected chi connectivity index (χ2v) is 8.44. The van der Waals surface area contributed by atoms with Crippen LogP contribution in [0.4, 0.5) is 13.2 Å². The van der Waals surface area contributed by atoms with E-state index in [1.807, 2.05) is 0 Å². The van der Waals surface area contributed by atoms with Crippen LogP contribution >= 0.6 is 11.6 Å². The molecule has 1 aliphatic heterocycles. The number of alkyl halides is 3. The standard InChI is InChI=1S/C23H20ClF3N6O/c1-13-18(32-21(34)22(13,2)14-4-6-15(24)7-5-14)31-19(28-3)17-12-33-11-10-29-20(33)16(30-17)8-9-23(25,26)27/h4-7,10-12H,3,8-9H2,1-2H3,(H,32,34)/b31-19-. The molecule has 0 spiro atoms. The Morgan fingerprint density at radius 1 is 1.29 bits per heavy atom. The summed E-state index contributed by atoms with van der Waals surface area (Å²) in [5, 5.41) is 3.32. The number of amides is 1. The number of carbonyl (C=O) groups excluding carboxylic acids is 1. The van der Waals surface area contributed by atoms with E-state index < -0.39 is 18.0 Å². The van der Waals surface area contributed by atoms with Gasteiger partial charge in [0.05, 0.1) is 11.1 Å². The number of aryl methyl sites for hydroxylation is 1. The molecule has 0 fully saturated rings. The van der Waals surface area contributed by atoms with Crippen molar-refractivity contribution in [3.63, 3.8) is 0 Å². The van der Waals surface area contributed by atoms with Crippen LogP contribution in [-0.2, 0) is 16.6 Å². The van der Waals surface area contributed by atoms with Gasteiger partial charge >= 0.3 is 6.18 Å². The molecule has 1 atom stereocenters. The maximum Gasteiger partial charge on any atom is 0.389 e. The van der Waals surface area contributed by atoms with E-state index in [0.29, 0.717) is 16.2 Å². The average Bonchev–Trinajstić information content (AvgIpc) is 3.35. The van der Waals surface area contributed by atoms with Crippen LogP contribution in [-0.4, -0.2) is 39.0 Å². The van der Waals surface area contributed by atoms with Gasteiger partial charge in [0.2, 0.25) is 5.91 Å². The molecule has 0 radical (unpaired) electrons. The predicted octanol–water partition coefficient (Wildman–Crippen LogP) is 4.64. The zero-order valence-electron chi connectivity index (χ0n) is 18.3. The molecule has 0 saturated carbocycles. The molecule has 0 aliphatic carbocycles. The van der Waals surface area contributed by atoms with Crippen LogP contribution in [0.25, 0.3) is 5.65 Å². The van der Waals surface area contributed by atoms with Crippen LogP contribution in [0.5, 0.6) is 0 Å². The number of fused-ring (bicyclic) bond motifs is 1. The highest BCUT2D eigenvalue weighted by Crippen LogP contribution is 2.38. The fourth-order valence-electron chi connectivity index (χ4n) is 3.79. The van der Waals surface area contributed by atoms with Gasteiger partial charge in [-0.3, -0.25) is 4.79 Å². The second-order valence-electron chi connectivity index (χ2n) is 8.00. The van der Waals surface area contributed by atoms with Crippen LogP contribution in [0.3, 0.4) is 0 Å². The average molecular weight is 489 g/mol. The first-order valence-corrected chi connectivity index (χ1v) is 10.6. The SMILES string of the molecule is C=N/C(=N\C1=C(C)C(C)(c2ccc(Cl)cc2)C(=O)N1)c1cn2ccnc2c(CCC(F)(F)F)n1. The van der Waals surface area contributed by atoms with E-state index in [9.17, 15) is 18.0 Å². The van der Waals surface area contributed by atoms with E-state index in [0.717, 1.165) is 5.56 Å². The van der Waals surface area contributed by atoms with Gasteiger partial charge in [-0.05, 0) is 43.8 Å². The van der Waals surface area contributed by atoms with Gasteiger partial charge in [0.15, 0.2) is 11.5 Å². The Morgan fingerprint density at radius 2 is 2.00 bits per heavy atom. The Hall–Kier alpha value is -3.53. The van der Waals surface area contributed by atoms with Gasteiger partial charge in [0, 0.05) is 36.5 Å². The number of rotatable bonds is 5. The van der Waals surface area contributed by atoms with Crippen molar-refractivity contribution in [3.05, 3.63) is 76.2 Å². The molecular formula is C23H20ClF3N6O. The van der Waals surface area contributed by atoms with Gasteiger partial charge < -0.3 is 9.72 Å². The molecule has 1 aromatic carbocycles. The molecule has 1 unspecified atom stereocenters. The number of amidine groups is 1. The quantitative estimate of drug-likeness (QED) is 0.419. The number of carbonyl (C=O) groups is 1. The number of nitrogens with zero attached hydrogens (tertiary/aromatic N) is 5. The van der Waals surface area contributed by atoms with Crippen molar-refractivity contribution in [3.8, 4) is 0 Å². The Morgan fingerprint density at radius 3 is 2.65 bits per heavy atom. The molecule has 2 aromatic heterocycles. The summed E-state index contributed by atoms with van der Waals surface area (Å²) >= 11 is 5.98. The highest BCUT2D eigenvalue weighted by Gasteiger charge is 2.44. The molecule has 4 rings (SSSR count). The Kier molecular flexibility index (Phi) is 6.03. The first kappa shape index (κ1) is 23.6. The lowest BCUT2D eigenvalue weighted by Crippen LogP contribution is -2.35. The smallest absolute Gasteiger partial charge is 0.310 e. The summed E-state index contributed by atoms with van der Waals surface area (Å²) in [4.78, 5) is 29.8. The van der Waals surface area contributed by atoms with E-state index in [-0.39, 0.29) is 35.4 Å². The van der Waals surface area contributed by atoms with E-state index >= 15 is 0 Å². The second kappa shape index (κ2) is 8.68. The molecule has 1 amide bonds. The lowest BCUT2D eigenvalue weighted by molar-refractivity contribution is -0.134. The van der Waals surface area contributed by atoms with Gasteiger partial charge in [-0.1, -0.05) is 23.7 Å². The van der Waals surface area contributed by atoms with Gasteiger partial charge in [-0.25, -0.2) is 20.0 Å². The molecule has 0 bridgehead atoms. The minimum Gasteiger partial charge on any atom is -0.310 e. The maximum atomic E-state index is 12.9. The summed E-state index contributed by atoms with van der Waals surface area (Å²) in [6.45, 7) is 7.08. The molecule has 1 N–H and O–H groups in total. The molecule has 3 heterocycles. The molecule has 176 valence electrons. The number of hydrogen-bond acceptors (Lipinski definition) is 4. The lowest BCUT2D eigenvalue weighted by atomic mass is 9.77. The van der Waals surface area contributed by atoms with Crippen molar-refractivity contribution in [2.24, 2.45) is 9.98 Å². The predicted molar refractivity (Wildman–Crippen MR) is 123 cm³/mol. The van der Waals surface area contributed by atoms with Crippen LogP contribution in [0.15, 0.2) is 64.2 Å². The van der Waals surface area contributed by atoms with Gasteiger partial charge in [0.25, 0.3) is 0 Å². The first-order valence-electron chi connectivity index (χ1n) is 10.3. The monoisotopic (exact) mass is 488 g/mol. The summed E-state index contributed by atoms with van der Waals surface area (Å²) in [5.74, 6) is 0.0476.